The van der Waals surface area contributed by atoms with Gasteiger partial charge in [-0.3, -0.25) is 4.72 Å². The zero-order chi connectivity index (χ0) is 15.7. The van der Waals surface area contributed by atoms with Gasteiger partial charge in [-0.05, 0) is 50.2 Å². The zero-order valence-corrected chi connectivity index (χ0v) is 12.6. The van der Waals surface area contributed by atoms with Crippen molar-refractivity contribution in [2.45, 2.75) is 26.4 Å². The minimum atomic E-state index is -3.44. The molecule has 21 heavy (non-hydrogen) atoms. The van der Waals surface area contributed by atoms with Gasteiger partial charge < -0.3 is 10.1 Å². The molecule has 5 nitrogen and oxygen atoms in total. The van der Waals surface area contributed by atoms with Crippen molar-refractivity contribution in [3.05, 3.63) is 24.3 Å². The van der Waals surface area contributed by atoms with Crippen molar-refractivity contribution in [1.29, 1.82) is 0 Å². The molecule has 0 spiro atoms. The first-order chi connectivity index (χ1) is 9.93. The van der Waals surface area contributed by atoms with Gasteiger partial charge in [0, 0.05) is 5.69 Å². The maximum absolute atomic E-state index is 12.0. The standard InChI is InChI=1S/C13H20F2N2O3S/c1-2-8-16-9-3-10-21(18,19)17-11-4-6-12(7-5-11)20-13(14)15/h4-7,13,16-17H,2-3,8-10H2,1H3. The zero-order valence-electron chi connectivity index (χ0n) is 11.8. The maximum Gasteiger partial charge on any atom is 0.387 e. The smallest absolute Gasteiger partial charge is 0.387 e. The summed E-state index contributed by atoms with van der Waals surface area (Å²) in [5.74, 6) is -0.0179. The summed E-state index contributed by atoms with van der Waals surface area (Å²) < 4.78 is 54.1. The van der Waals surface area contributed by atoms with Gasteiger partial charge in [0.15, 0.2) is 0 Å². The van der Waals surface area contributed by atoms with Gasteiger partial charge in [0.05, 0.1) is 5.75 Å². The third-order valence-electron chi connectivity index (χ3n) is 2.55. The highest BCUT2D eigenvalue weighted by Gasteiger charge is 2.10. The molecule has 0 radical (unpaired) electrons. The van der Waals surface area contributed by atoms with Crippen LogP contribution in [0, 0.1) is 0 Å². The first-order valence-corrected chi connectivity index (χ1v) is 8.34. The summed E-state index contributed by atoms with van der Waals surface area (Å²) in [6.45, 7) is 0.630. The van der Waals surface area contributed by atoms with Crippen molar-refractivity contribution in [3.63, 3.8) is 0 Å². The Morgan fingerprint density at radius 2 is 1.86 bits per heavy atom. The first kappa shape index (κ1) is 17.6. The van der Waals surface area contributed by atoms with Crippen molar-refractivity contribution >= 4 is 15.7 Å². The Morgan fingerprint density at radius 3 is 2.43 bits per heavy atom. The summed E-state index contributed by atoms with van der Waals surface area (Å²) in [7, 11) is -3.44. The van der Waals surface area contributed by atoms with Gasteiger partial charge in [-0.15, -0.1) is 0 Å². The topological polar surface area (TPSA) is 67.4 Å². The predicted molar refractivity (Wildman–Crippen MR) is 78.3 cm³/mol. The lowest BCUT2D eigenvalue weighted by Gasteiger charge is -2.09. The molecule has 0 saturated heterocycles. The molecule has 0 bridgehead atoms. The summed E-state index contributed by atoms with van der Waals surface area (Å²) >= 11 is 0. The second-order valence-corrected chi connectivity index (χ2v) is 6.27. The van der Waals surface area contributed by atoms with E-state index in [0.29, 0.717) is 18.7 Å². The molecule has 0 saturated carbocycles. The Morgan fingerprint density at radius 1 is 1.19 bits per heavy atom. The van der Waals surface area contributed by atoms with Crippen LogP contribution in [0.1, 0.15) is 19.8 Å². The van der Waals surface area contributed by atoms with Crippen molar-refractivity contribution in [2.24, 2.45) is 0 Å². The number of alkyl halides is 2. The summed E-state index contributed by atoms with van der Waals surface area (Å²) in [4.78, 5) is 0. The number of ether oxygens (including phenoxy) is 1. The number of hydrogen-bond donors (Lipinski definition) is 2. The van der Waals surface area contributed by atoms with Crippen LogP contribution in [0.2, 0.25) is 0 Å². The van der Waals surface area contributed by atoms with Crippen molar-refractivity contribution in [1.82, 2.24) is 5.32 Å². The molecule has 0 aliphatic heterocycles. The maximum atomic E-state index is 12.0. The van der Waals surface area contributed by atoms with Crippen LogP contribution < -0.4 is 14.8 Å². The summed E-state index contributed by atoms with van der Waals surface area (Å²) in [5, 5.41) is 3.12. The van der Waals surface area contributed by atoms with Gasteiger partial charge in [-0.1, -0.05) is 6.92 Å². The van der Waals surface area contributed by atoms with Crippen LogP contribution in [0.4, 0.5) is 14.5 Å². The number of hydrogen-bond acceptors (Lipinski definition) is 4. The van der Waals surface area contributed by atoms with E-state index in [-0.39, 0.29) is 11.5 Å². The van der Waals surface area contributed by atoms with Crippen LogP contribution in [-0.2, 0) is 10.0 Å². The van der Waals surface area contributed by atoms with Gasteiger partial charge in [0.1, 0.15) is 5.75 Å². The molecule has 2 N–H and O–H groups in total. The largest absolute Gasteiger partial charge is 0.435 e. The van der Waals surface area contributed by atoms with E-state index in [1.165, 1.54) is 24.3 Å². The Kier molecular flexibility index (Phi) is 7.38. The molecule has 120 valence electrons. The minimum absolute atomic E-state index is 0.000992. The van der Waals surface area contributed by atoms with Crippen molar-refractivity contribution in [3.8, 4) is 5.75 Å². The highest BCUT2D eigenvalue weighted by atomic mass is 32.2. The number of benzene rings is 1. The fourth-order valence-corrected chi connectivity index (χ4v) is 2.75. The molecule has 0 amide bonds. The number of rotatable bonds is 10. The van der Waals surface area contributed by atoms with E-state index in [9.17, 15) is 17.2 Å². The SMILES string of the molecule is CCCNCCCS(=O)(=O)Nc1ccc(OC(F)F)cc1. The van der Waals surface area contributed by atoms with Gasteiger partial charge in [-0.25, -0.2) is 8.42 Å². The molecule has 1 rings (SSSR count). The van der Waals surface area contributed by atoms with Crippen LogP contribution in [0.3, 0.4) is 0 Å². The second-order valence-electron chi connectivity index (χ2n) is 4.43. The monoisotopic (exact) mass is 322 g/mol. The molecule has 1 aromatic rings. The molecule has 8 heteroatoms. The van der Waals surface area contributed by atoms with Gasteiger partial charge in [0.2, 0.25) is 10.0 Å². The van der Waals surface area contributed by atoms with Gasteiger partial charge in [-0.2, -0.15) is 8.78 Å². The number of nitrogens with one attached hydrogen (secondary N) is 2. The van der Waals surface area contributed by atoms with Gasteiger partial charge >= 0.3 is 6.61 Å². The molecule has 0 heterocycles. The molecule has 0 unspecified atom stereocenters. The molecule has 0 aromatic heterocycles. The highest BCUT2D eigenvalue weighted by Crippen LogP contribution is 2.18. The van der Waals surface area contributed by atoms with Crippen LogP contribution in [0.15, 0.2) is 24.3 Å². The molecular formula is C13H20F2N2O3S. The Hall–Kier alpha value is -1.41. The summed E-state index contributed by atoms with van der Waals surface area (Å²) in [5.41, 5.74) is 0.318. The lowest BCUT2D eigenvalue weighted by Crippen LogP contribution is -2.22. The molecular weight excluding hydrogens is 302 g/mol. The van der Waals surface area contributed by atoms with Crippen molar-refractivity contribution in [2.75, 3.05) is 23.6 Å². The van der Waals surface area contributed by atoms with Gasteiger partial charge in [0.25, 0.3) is 0 Å². The van der Waals surface area contributed by atoms with E-state index in [0.717, 1.165) is 13.0 Å². The molecule has 0 atom stereocenters. The third kappa shape index (κ3) is 7.81. The minimum Gasteiger partial charge on any atom is -0.435 e. The fourth-order valence-electron chi connectivity index (χ4n) is 1.62. The van der Waals surface area contributed by atoms with Crippen molar-refractivity contribution < 1.29 is 21.9 Å². The number of halogens is 2. The van der Waals surface area contributed by atoms with E-state index in [2.05, 4.69) is 14.8 Å². The average Bonchev–Trinajstić information content (AvgIpc) is 2.40. The average molecular weight is 322 g/mol. The van der Waals surface area contributed by atoms with E-state index >= 15 is 0 Å². The molecule has 0 fully saturated rings. The van der Waals surface area contributed by atoms with E-state index in [1.54, 1.807) is 0 Å². The van der Waals surface area contributed by atoms with E-state index in [1.807, 2.05) is 6.92 Å². The van der Waals surface area contributed by atoms with E-state index in [4.69, 9.17) is 0 Å². The van der Waals surface area contributed by atoms with Crippen LogP contribution in [-0.4, -0.2) is 33.9 Å². The Labute approximate surface area is 123 Å². The summed E-state index contributed by atoms with van der Waals surface area (Å²) in [6, 6.07) is 5.33. The van der Waals surface area contributed by atoms with Crippen LogP contribution in [0.5, 0.6) is 5.75 Å². The molecule has 0 aliphatic carbocycles. The number of anilines is 1. The quantitative estimate of drug-likeness (QED) is 0.649. The lowest BCUT2D eigenvalue weighted by atomic mass is 10.3. The van der Waals surface area contributed by atoms with Crippen LogP contribution >= 0.6 is 0 Å². The fraction of sp³-hybridized carbons (Fsp3) is 0.538. The first-order valence-electron chi connectivity index (χ1n) is 6.69. The second kappa shape index (κ2) is 8.78. The lowest BCUT2D eigenvalue weighted by molar-refractivity contribution is -0.0498. The van der Waals surface area contributed by atoms with E-state index < -0.39 is 16.6 Å². The Bertz CT molecular complexity index is 507. The summed E-state index contributed by atoms with van der Waals surface area (Å²) in [6.07, 6.45) is 1.50. The highest BCUT2D eigenvalue weighted by molar-refractivity contribution is 7.92. The Balaban J connectivity index is 2.43. The predicted octanol–water partition coefficient (Wildman–Crippen LogP) is 2.42. The molecule has 1 aromatic carbocycles. The molecule has 0 aliphatic rings. The number of sulfonamides is 1. The third-order valence-corrected chi connectivity index (χ3v) is 3.92. The normalized spacial score (nSPS) is 11.6. The van der Waals surface area contributed by atoms with Crippen LogP contribution in [0.25, 0.3) is 0 Å².